The Morgan fingerprint density at radius 2 is 1.66 bits per heavy atom. The van der Waals surface area contributed by atoms with Crippen molar-refractivity contribution < 1.29 is 0 Å². The van der Waals surface area contributed by atoms with Crippen molar-refractivity contribution in [3.8, 4) is 0 Å². The molecule has 2 nitrogen and oxygen atoms in total. The van der Waals surface area contributed by atoms with Gasteiger partial charge in [0.15, 0.2) is 0 Å². The molecule has 0 saturated carbocycles. The summed E-state index contributed by atoms with van der Waals surface area (Å²) in [6, 6.07) is 38.5. The van der Waals surface area contributed by atoms with E-state index in [1.807, 2.05) is 0 Å². The molecule has 2 heterocycles. The number of benzene rings is 5. The topological polar surface area (TPSA) is 24.7 Å². The molecule has 5 unspecified atom stereocenters. The first-order chi connectivity index (χ1) is 28.6. The molecule has 282 valence electrons. The number of nitrogens with zero attached hydrogens (tertiary/aromatic N) is 2. The summed E-state index contributed by atoms with van der Waals surface area (Å²) in [4.78, 5) is 10.5. The van der Waals surface area contributed by atoms with E-state index < -0.39 is 0 Å². The first-order valence-corrected chi connectivity index (χ1v) is 21.5. The van der Waals surface area contributed by atoms with Gasteiger partial charge in [-0.1, -0.05) is 145 Å². The Morgan fingerprint density at radius 1 is 0.793 bits per heavy atom. The normalized spacial score (nSPS) is 24.3. The minimum atomic E-state index is 0.138. The third-order valence-corrected chi connectivity index (χ3v) is 13.7. The van der Waals surface area contributed by atoms with Crippen LogP contribution in [0.4, 0.5) is 0 Å². The van der Waals surface area contributed by atoms with Crippen LogP contribution in [0.25, 0.3) is 28.5 Å². The molecule has 5 atom stereocenters. The van der Waals surface area contributed by atoms with Crippen LogP contribution in [-0.2, 0) is 12.8 Å². The van der Waals surface area contributed by atoms with E-state index in [-0.39, 0.29) is 5.92 Å². The Kier molecular flexibility index (Phi) is 8.90. The van der Waals surface area contributed by atoms with E-state index in [4.69, 9.17) is 9.98 Å². The van der Waals surface area contributed by atoms with Crippen molar-refractivity contribution in [2.75, 3.05) is 6.54 Å². The van der Waals surface area contributed by atoms with Gasteiger partial charge in [-0.2, -0.15) is 0 Å². The lowest BCUT2D eigenvalue weighted by molar-refractivity contribution is 0.329. The van der Waals surface area contributed by atoms with Gasteiger partial charge in [-0.25, -0.2) is 4.99 Å². The Morgan fingerprint density at radius 3 is 2.57 bits per heavy atom. The molecule has 0 spiro atoms. The van der Waals surface area contributed by atoms with Crippen molar-refractivity contribution in [2.24, 2.45) is 27.7 Å². The molecule has 0 aromatic heterocycles. The molecular formula is C56H48N2. The summed E-state index contributed by atoms with van der Waals surface area (Å²) in [5.41, 5.74) is 19.3. The van der Waals surface area contributed by atoms with E-state index >= 15 is 0 Å². The van der Waals surface area contributed by atoms with Crippen molar-refractivity contribution >= 4 is 34.2 Å². The lowest BCUT2D eigenvalue weighted by Crippen LogP contribution is -2.31. The highest BCUT2D eigenvalue weighted by Gasteiger charge is 2.37. The number of hydrogen-bond acceptors (Lipinski definition) is 2. The van der Waals surface area contributed by atoms with E-state index in [9.17, 15) is 0 Å². The molecule has 4 aliphatic carbocycles. The minimum absolute atomic E-state index is 0.138. The highest BCUT2D eigenvalue weighted by Crippen LogP contribution is 2.49. The molecule has 2 aliphatic heterocycles. The summed E-state index contributed by atoms with van der Waals surface area (Å²) in [5, 5.41) is 4.91. The van der Waals surface area contributed by atoms with Crippen LogP contribution in [0.2, 0.25) is 0 Å². The van der Waals surface area contributed by atoms with E-state index in [0.29, 0.717) is 23.7 Å². The first-order valence-electron chi connectivity index (χ1n) is 21.5. The van der Waals surface area contributed by atoms with Crippen LogP contribution in [0.5, 0.6) is 0 Å². The van der Waals surface area contributed by atoms with Crippen LogP contribution in [0.1, 0.15) is 83.4 Å². The smallest absolute Gasteiger partial charge is 0.0902 e. The predicted molar refractivity (Wildman–Crippen MR) is 241 cm³/mol. The van der Waals surface area contributed by atoms with E-state index in [1.54, 1.807) is 0 Å². The van der Waals surface area contributed by atoms with Gasteiger partial charge in [0.1, 0.15) is 0 Å². The SMILES string of the molecule is CC1=C=C(C2C=CC(C3C=c4ccccc4=NC3)=CC2)N=C(c2cc3ccccc3c3c2CCC=C3)C=C1c1ccc(C2Cc3ccccc3C3C=CCCC32)cc1. The number of allylic oxidation sites excluding steroid dienone is 8. The van der Waals surface area contributed by atoms with Crippen molar-refractivity contribution in [3.63, 3.8) is 0 Å². The van der Waals surface area contributed by atoms with Crippen molar-refractivity contribution in [3.05, 3.63) is 218 Å². The molecular weight excluding hydrogens is 701 g/mol. The second-order valence-corrected chi connectivity index (χ2v) is 17.1. The average molecular weight is 749 g/mol. The molecule has 5 aromatic carbocycles. The maximum absolute atomic E-state index is 5.62. The summed E-state index contributed by atoms with van der Waals surface area (Å²) in [5.74, 6) is 2.10. The first kappa shape index (κ1) is 35.1. The van der Waals surface area contributed by atoms with Gasteiger partial charge in [-0.3, -0.25) is 4.99 Å². The lowest BCUT2D eigenvalue weighted by Gasteiger charge is -2.40. The van der Waals surface area contributed by atoms with Gasteiger partial charge < -0.3 is 0 Å². The highest BCUT2D eigenvalue weighted by molar-refractivity contribution is 6.17. The standard InChI is InChI=1S/C56H48N2/c1-36-30-55(40-28-22-37(23-29-40)44-31-43-14-4-11-21-54(43)57-35-44)58-56(53-33-42-13-3-6-16-46(42)48-18-8-10-20-50(48)53)34-51(36)38-24-26-39(27-25-38)52-32-41-12-2-5-15-45(41)47-17-7-9-19-49(47)52/h2-8,11-18,21-28,31,33-34,40,44,47,49,52H,9-10,19-20,29,32,35H2,1H3. The van der Waals surface area contributed by atoms with Crippen LogP contribution in [0, 0.1) is 17.8 Å². The molecule has 0 fully saturated rings. The van der Waals surface area contributed by atoms with Crippen molar-refractivity contribution in [1.29, 1.82) is 0 Å². The van der Waals surface area contributed by atoms with Crippen LogP contribution in [0.3, 0.4) is 0 Å². The van der Waals surface area contributed by atoms with Gasteiger partial charge in [-0.15, -0.1) is 0 Å². The fourth-order valence-electron chi connectivity index (χ4n) is 10.7. The zero-order chi connectivity index (χ0) is 38.6. The van der Waals surface area contributed by atoms with Crippen LogP contribution < -0.4 is 10.6 Å². The maximum atomic E-state index is 5.62. The fraction of sp³-hybridized carbons (Fsp3) is 0.232. The number of rotatable bonds is 5. The van der Waals surface area contributed by atoms with Gasteiger partial charge >= 0.3 is 0 Å². The fourth-order valence-corrected chi connectivity index (χ4v) is 10.7. The van der Waals surface area contributed by atoms with Gasteiger partial charge in [0.2, 0.25) is 0 Å². The molecule has 2 heteroatoms. The Hall–Kier alpha value is -6.08. The zero-order valence-corrected chi connectivity index (χ0v) is 33.2. The third-order valence-electron chi connectivity index (χ3n) is 13.7. The van der Waals surface area contributed by atoms with Gasteiger partial charge in [0.05, 0.1) is 16.8 Å². The van der Waals surface area contributed by atoms with E-state index in [2.05, 4.69) is 170 Å². The van der Waals surface area contributed by atoms with E-state index in [1.165, 1.54) is 78.9 Å². The number of fused-ring (bicyclic) bond motifs is 7. The molecule has 0 saturated heterocycles. The summed E-state index contributed by atoms with van der Waals surface area (Å²) in [6.45, 7) is 3.03. The summed E-state index contributed by atoms with van der Waals surface area (Å²) < 4.78 is 0. The molecule has 11 rings (SSSR count). The van der Waals surface area contributed by atoms with Crippen LogP contribution in [-0.4, -0.2) is 12.3 Å². The monoisotopic (exact) mass is 748 g/mol. The minimum Gasteiger partial charge on any atom is -0.284 e. The zero-order valence-electron chi connectivity index (χ0n) is 33.2. The quantitative estimate of drug-likeness (QED) is 0.126. The average Bonchev–Trinajstić information content (AvgIpc) is 3.47. The number of para-hydroxylation sites is 1. The number of hydrogen-bond donors (Lipinski definition) is 0. The Bertz CT molecular complexity index is 2880. The Balaban J connectivity index is 0.982. The van der Waals surface area contributed by atoms with Crippen LogP contribution in [0.15, 0.2) is 178 Å². The molecule has 0 N–H and O–H groups in total. The van der Waals surface area contributed by atoms with Crippen molar-refractivity contribution in [2.45, 2.75) is 57.3 Å². The molecule has 58 heavy (non-hydrogen) atoms. The predicted octanol–water partition coefficient (Wildman–Crippen LogP) is 11.7. The highest BCUT2D eigenvalue weighted by atomic mass is 14.8. The molecule has 0 amide bonds. The second-order valence-electron chi connectivity index (χ2n) is 17.1. The summed E-state index contributed by atoms with van der Waals surface area (Å²) in [6.07, 6.45) is 27.9. The third kappa shape index (κ3) is 6.28. The largest absolute Gasteiger partial charge is 0.284 e. The molecule has 6 aliphatic rings. The van der Waals surface area contributed by atoms with Gasteiger partial charge in [0.25, 0.3) is 0 Å². The van der Waals surface area contributed by atoms with Crippen LogP contribution >= 0.6 is 0 Å². The Labute approximate surface area is 342 Å². The van der Waals surface area contributed by atoms with Crippen molar-refractivity contribution in [1.82, 2.24) is 0 Å². The van der Waals surface area contributed by atoms with Gasteiger partial charge in [-0.05, 0) is 136 Å². The summed E-state index contributed by atoms with van der Waals surface area (Å²) in [7, 11) is 0. The number of aliphatic imine (C=N–C) groups is 1. The summed E-state index contributed by atoms with van der Waals surface area (Å²) >= 11 is 0. The van der Waals surface area contributed by atoms with E-state index in [0.717, 1.165) is 54.6 Å². The molecule has 5 aromatic rings. The maximum Gasteiger partial charge on any atom is 0.0902 e. The second kappa shape index (κ2) is 14.7. The molecule has 0 radical (unpaired) electrons. The van der Waals surface area contributed by atoms with Gasteiger partial charge in [0, 0.05) is 35.4 Å². The lowest BCUT2D eigenvalue weighted by atomic mass is 9.63. The molecule has 0 bridgehead atoms.